The molecule has 0 atom stereocenters. The second-order valence-corrected chi connectivity index (χ2v) is 12.8. The highest BCUT2D eigenvalue weighted by Crippen LogP contribution is 2.32. The molecule has 0 amide bonds. The van der Waals surface area contributed by atoms with E-state index in [-0.39, 0.29) is 10.8 Å². The maximum atomic E-state index is 2.32. The smallest absolute Gasteiger partial charge is 0.0105 e. The van der Waals surface area contributed by atoms with Crippen LogP contribution in [0.3, 0.4) is 0 Å². The molecule has 0 N–H and O–H groups in total. The third-order valence-corrected chi connectivity index (χ3v) is 7.64. The van der Waals surface area contributed by atoms with Gasteiger partial charge in [-0.2, -0.15) is 0 Å². The lowest BCUT2D eigenvalue weighted by atomic mass is 9.85. The van der Waals surface area contributed by atoms with Crippen molar-refractivity contribution in [2.45, 2.75) is 52.4 Å². The number of benzene rings is 6. The Morgan fingerprint density at radius 3 is 1.70 bits per heavy atom. The van der Waals surface area contributed by atoms with Crippen LogP contribution in [0.4, 0.5) is 0 Å². The molecule has 0 saturated heterocycles. The van der Waals surface area contributed by atoms with Crippen molar-refractivity contribution in [1.82, 2.24) is 0 Å². The Kier molecular flexibility index (Phi) is 7.63. The number of hydrogen-bond donors (Lipinski definition) is 0. The summed E-state index contributed by atoms with van der Waals surface area (Å²) in [6, 6.07) is 48.1. The quantitative estimate of drug-likeness (QED) is 0.213. The summed E-state index contributed by atoms with van der Waals surface area (Å²) in [4.78, 5) is 0. The maximum absolute atomic E-state index is 2.32. The Bertz CT molecular complexity index is 1740. The number of hydrogen-bond acceptors (Lipinski definition) is 0. The van der Waals surface area contributed by atoms with Gasteiger partial charge < -0.3 is 0 Å². The second kappa shape index (κ2) is 11.1. The Labute approximate surface area is 240 Å². The number of rotatable bonds is 2. The van der Waals surface area contributed by atoms with Gasteiger partial charge in [0.05, 0.1) is 0 Å². The molecular weight excluding hydrogens is 480 g/mol. The molecule has 6 aromatic carbocycles. The molecule has 0 nitrogen and oxygen atoms in total. The van der Waals surface area contributed by atoms with Crippen LogP contribution in [-0.2, 0) is 10.8 Å². The van der Waals surface area contributed by atoms with E-state index in [2.05, 4.69) is 175 Å². The van der Waals surface area contributed by atoms with Gasteiger partial charge in [-0.1, -0.05) is 169 Å². The Balaban J connectivity index is 0.000000161. The SMILES string of the molecule is CC(C)(C)c1ccc2ccc(-c3ccccc3)cc2c1.CC(C)(C)c1cccc(-c2cccc3ccccc23)c1. The fraction of sp³-hybridized carbons (Fsp3) is 0.200. The van der Waals surface area contributed by atoms with Crippen LogP contribution in [0.25, 0.3) is 43.8 Å². The first-order chi connectivity index (χ1) is 19.1. The zero-order chi connectivity index (χ0) is 28.3. The second-order valence-electron chi connectivity index (χ2n) is 12.8. The summed E-state index contributed by atoms with van der Waals surface area (Å²) < 4.78 is 0. The van der Waals surface area contributed by atoms with E-state index in [1.165, 1.54) is 54.9 Å². The van der Waals surface area contributed by atoms with Crippen molar-refractivity contribution in [3.05, 3.63) is 145 Å². The van der Waals surface area contributed by atoms with Gasteiger partial charge in [0.15, 0.2) is 0 Å². The van der Waals surface area contributed by atoms with Crippen LogP contribution < -0.4 is 0 Å². The first-order valence-electron chi connectivity index (χ1n) is 14.3. The molecule has 0 aromatic heterocycles. The molecule has 0 unspecified atom stereocenters. The van der Waals surface area contributed by atoms with E-state index in [0.29, 0.717) is 0 Å². The Morgan fingerprint density at radius 1 is 0.350 bits per heavy atom. The van der Waals surface area contributed by atoms with Crippen LogP contribution in [0.5, 0.6) is 0 Å². The summed E-state index contributed by atoms with van der Waals surface area (Å²) in [5.74, 6) is 0. The van der Waals surface area contributed by atoms with Gasteiger partial charge >= 0.3 is 0 Å². The van der Waals surface area contributed by atoms with Crippen LogP contribution in [0, 0.1) is 0 Å². The van der Waals surface area contributed by atoms with E-state index >= 15 is 0 Å². The average Bonchev–Trinajstić information content (AvgIpc) is 2.96. The molecule has 0 aliphatic heterocycles. The van der Waals surface area contributed by atoms with E-state index < -0.39 is 0 Å². The van der Waals surface area contributed by atoms with Crippen molar-refractivity contribution in [2.75, 3.05) is 0 Å². The molecule has 0 saturated carbocycles. The zero-order valence-corrected chi connectivity index (χ0v) is 24.7. The molecule has 0 spiro atoms. The van der Waals surface area contributed by atoms with Crippen LogP contribution in [0.15, 0.2) is 133 Å². The van der Waals surface area contributed by atoms with Crippen LogP contribution >= 0.6 is 0 Å². The van der Waals surface area contributed by atoms with E-state index in [4.69, 9.17) is 0 Å². The lowest BCUT2D eigenvalue weighted by Crippen LogP contribution is -2.10. The zero-order valence-electron chi connectivity index (χ0n) is 24.7. The van der Waals surface area contributed by atoms with Gasteiger partial charge in [-0.05, 0) is 71.8 Å². The highest BCUT2D eigenvalue weighted by molar-refractivity contribution is 5.96. The highest BCUT2D eigenvalue weighted by atomic mass is 14.2. The lowest BCUT2D eigenvalue weighted by Gasteiger charge is -2.20. The fourth-order valence-corrected chi connectivity index (χ4v) is 5.15. The van der Waals surface area contributed by atoms with Gasteiger partial charge in [-0.15, -0.1) is 0 Å². The molecule has 0 fully saturated rings. The number of fused-ring (bicyclic) bond motifs is 2. The molecule has 0 aliphatic rings. The highest BCUT2D eigenvalue weighted by Gasteiger charge is 2.15. The molecule has 0 heteroatoms. The minimum absolute atomic E-state index is 0.181. The minimum Gasteiger partial charge on any atom is -0.0622 e. The van der Waals surface area contributed by atoms with Crippen molar-refractivity contribution >= 4 is 21.5 Å². The van der Waals surface area contributed by atoms with E-state index in [1.54, 1.807) is 0 Å². The Morgan fingerprint density at radius 2 is 0.950 bits per heavy atom. The van der Waals surface area contributed by atoms with Gasteiger partial charge in [-0.3, -0.25) is 0 Å². The standard InChI is InChI=1S/2C20H20/c1-20(2,3)17-11-6-10-16(14-17)19-13-7-9-15-8-4-5-12-18(15)19;1-20(2,3)19-12-11-16-9-10-17(13-18(16)14-19)15-7-5-4-6-8-15/h2*4-14H,1-3H3. The predicted octanol–water partition coefficient (Wildman–Crippen LogP) is 11.6. The summed E-state index contributed by atoms with van der Waals surface area (Å²) in [5.41, 5.74) is 8.30. The topological polar surface area (TPSA) is 0 Å². The van der Waals surface area contributed by atoms with Crippen LogP contribution in [0.2, 0.25) is 0 Å². The summed E-state index contributed by atoms with van der Waals surface area (Å²) >= 11 is 0. The summed E-state index contributed by atoms with van der Waals surface area (Å²) in [6.45, 7) is 13.6. The molecule has 6 aromatic rings. The normalized spacial score (nSPS) is 11.8. The average molecular weight is 521 g/mol. The van der Waals surface area contributed by atoms with E-state index in [9.17, 15) is 0 Å². The van der Waals surface area contributed by atoms with E-state index in [0.717, 1.165) is 0 Å². The lowest BCUT2D eigenvalue weighted by molar-refractivity contribution is 0.590. The summed E-state index contributed by atoms with van der Waals surface area (Å²) in [7, 11) is 0. The first kappa shape index (κ1) is 27.4. The molecule has 6 rings (SSSR count). The molecule has 0 aliphatic carbocycles. The first-order valence-corrected chi connectivity index (χ1v) is 14.3. The predicted molar refractivity (Wildman–Crippen MR) is 176 cm³/mol. The summed E-state index contributed by atoms with van der Waals surface area (Å²) in [5, 5.41) is 5.24. The van der Waals surface area contributed by atoms with Crippen molar-refractivity contribution < 1.29 is 0 Å². The van der Waals surface area contributed by atoms with Gasteiger partial charge in [0.25, 0.3) is 0 Å². The molecule has 0 radical (unpaired) electrons. The third kappa shape index (κ3) is 6.18. The van der Waals surface area contributed by atoms with Crippen molar-refractivity contribution in [1.29, 1.82) is 0 Å². The molecule has 0 bridgehead atoms. The fourth-order valence-electron chi connectivity index (χ4n) is 5.15. The maximum Gasteiger partial charge on any atom is -0.0105 e. The van der Waals surface area contributed by atoms with Crippen LogP contribution in [-0.4, -0.2) is 0 Å². The monoisotopic (exact) mass is 520 g/mol. The van der Waals surface area contributed by atoms with Gasteiger partial charge in [0.1, 0.15) is 0 Å². The van der Waals surface area contributed by atoms with Crippen molar-refractivity contribution in [2.24, 2.45) is 0 Å². The third-order valence-electron chi connectivity index (χ3n) is 7.64. The van der Waals surface area contributed by atoms with Crippen LogP contribution in [0.1, 0.15) is 52.7 Å². The summed E-state index contributed by atoms with van der Waals surface area (Å²) in [6.07, 6.45) is 0. The van der Waals surface area contributed by atoms with E-state index in [1.807, 2.05) is 0 Å². The van der Waals surface area contributed by atoms with Gasteiger partial charge in [0, 0.05) is 0 Å². The minimum atomic E-state index is 0.181. The molecule has 0 heterocycles. The van der Waals surface area contributed by atoms with Crippen molar-refractivity contribution in [3.63, 3.8) is 0 Å². The molecule has 40 heavy (non-hydrogen) atoms. The van der Waals surface area contributed by atoms with Gasteiger partial charge in [-0.25, -0.2) is 0 Å². The van der Waals surface area contributed by atoms with Gasteiger partial charge in [0.2, 0.25) is 0 Å². The Hall–Kier alpha value is -4.16. The molecule has 200 valence electrons. The van der Waals surface area contributed by atoms with Crippen molar-refractivity contribution in [3.8, 4) is 22.3 Å². The largest absolute Gasteiger partial charge is 0.0622 e. The molecular formula is C40H40.